The fourth-order valence-electron chi connectivity index (χ4n) is 0.800. The van der Waals surface area contributed by atoms with E-state index in [9.17, 15) is 13.2 Å². The maximum atomic E-state index is 11.5. The normalized spacial score (nSPS) is 11.4. The molecule has 0 radical (unpaired) electrons. The Morgan fingerprint density at radius 2 is 2.12 bits per heavy atom. The quantitative estimate of drug-likeness (QED) is 0.768. The van der Waals surface area contributed by atoms with Gasteiger partial charge < -0.3 is 5.73 Å². The number of nitrogens with one attached hydrogen (secondary N) is 1. The van der Waals surface area contributed by atoms with Crippen molar-refractivity contribution in [1.82, 2.24) is 9.71 Å². The number of primary amides is 1. The average Bonchev–Trinajstić information content (AvgIpc) is 2.19. The Bertz CT molecular complexity index is 518. The topological polar surface area (TPSA) is 102 Å². The van der Waals surface area contributed by atoms with E-state index in [2.05, 4.69) is 4.98 Å². The van der Waals surface area contributed by atoms with Crippen LogP contribution in [0.2, 0.25) is 10.2 Å². The van der Waals surface area contributed by atoms with Crippen LogP contribution in [-0.4, -0.2) is 25.9 Å². The Morgan fingerprint density at radius 1 is 1.50 bits per heavy atom. The van der Waals surface area contributed by atoms with E-state index in [-0.39, 0.29) is 15.1 Å². The molecule has 0 atom stereocenters. The van der Waals surface area contributed by atoms with E-state index in [4.69, 9.17) is 28.9 Å². The maximum Gasteiger partial charge on any atom is 0.242 e. The molecule has 1 rings (SSSR count). The lowest BCUT2D eigenvalue weighted by molar-refractivity contribution is -0.116. The van der Waals surface area contributed by atoms with Crippen LogP contribution in [0.5, 0.6) is 0 Å². The maximum absolute atomic E-state index is 11.5. The van der Waals surface area contributed by atoms with E-state index >= 15 is 0 Å². The van der Waals surface area contributed by atoms with E-state index < -0.39 is 22.5 Å². The molecule has 1 amide bonds. The molecule has 1 aromatic heterocycles. The SMILES string of the molecule is NC(=O)CNS(=O)(=O)c1cnc(Cl)c(Cl)c1. The molecule has 0 aliphatic heterocycles. The van der Waals surface area contributed by atoms with Gasteiger partial charge >= 0.3 is 0 Å². The van der Waals surface area contributed by atoms with Crippen LogP contribution in [0.1, 0.15) is 0 Å². The van der Waals surface area contributed by atoms with Crippen molar-refractivity contribution in [2.75, 3.05) is 6.54 Å². The number of nitrogens with two attached hydrogens (primary N) is 1. The number of nitrogens with zero attached hydrogens (tertiary/aromatic N) is 1. The highest BCUT2D eigenvalue weighted by Gasteiger charge is 2.16. The zero-order valence-corrected chi connectivity index (χ0v) is 10.1. The van der Waals surface area contributed by atoms with Crippen LogP contribution in [0.15, 0.2) is 17.2 Å². The van der Waals surface area contributed by atoms with Gasteiger partial charge in [0.25, 0.3) is 0 Å². The van der Waals surface area contributed by atoms with Gasteiger partial charge in [0.1, 0.15) is 10.0 Å². The van der Waals surface area contributed by atoms with Gasteiger partial charge in [-0.15, -0.1) is 0 Å². The second-order valence-electron chi connectivity index (χ2n) is 2.73. The lowest BCUT2D eigenvalue weighted by atomic mass is 10.5. The Labute approximate surface area is 102 Å². The van der Waals surface area contributed by atoms with Gasteiger partial charge in [0.2, 0.25) is 15.9 Å². The minimum absolute atomic E-state index is 0.00335. The summed E-state index contributed by atoms with van der Waals surface area (Å²) in [5.41, 5.74) is 4.80. The smallest absolute Gasteiger partial charge is 0.242 e. The number of rotatable bonds is 4. The van der Waals surface area contributed by atoms with E-state index in [1.165, 1.54) is 0 Å². The molecule has 1 aromatic rings. The number of pyridine rings is 1. The zero-order chi connectivity index (χ0) is 12.3. The molecule has 0 fully saturated rings. The molecular weight excluding hydrogens is 277 g/mol. The molecule has 88 valence electrons. The molecule has 0 aliphatic carbocycles. The number of carbonyl (C=O) groups is 1. The van der Waals surface area contributed by atoms with Crippen LogP contribution in [0.4, 0.5) is 0 Å². The molecule has 16 heavy (non-hydrogen) atoms. The van der Waals surface area contributed by atoms with Crippen molar-refractivity contribution in [3.8, 4) is 0 Å². The Morgan fingerprint density at radius 3 is 2.62 bits per heavy atom. The number of halogens is 2. The van der Waals surface area contributed by atoms with Crippen molar-refractivity contribution in [3.05, 3.63) is 22.4 Å². The molecule has 6 nitrogen and oxygen atoms in total. The summed E-state index contributed by atoms with van der Waals surface area (Å²) >= 11 is 11.1. The monoisotopic (exact) mass is 283 g/mol. The Balaban J connectivity index is 2.99. The predicted molar refractivity (Wildman–Crippen MR) is 58.6 cm³/mol. The lowest BCUT2D eigenvalue weighted by Crippen LogP contribution is -2.33. The van der Waals surface area contributed by atoms with Crippen molar-refractivity contribution >= 4 is 39.1 Å². The van der Waals surface area contributed by atoms with Gasteiger partial charge in [-0.25, -0.2) is 18.1 Å². The first-order valence-electron chi connectivity index (χ1n) is 3.92. The third-order valence-electron chi connectivity index (χ3n) is 1.52. The van der Waals surface area contributed by atoms with Crippen molar-refractivity contribution in [3.63, 3.8) is 0 Å². The van der Waals surface area contributed by atoms with E-state index in [1.54, 1.807) is 0 Å². The first kappa shape index (κ1) is 13.2. The first-order chi connectivity index (χ1) is 7.33. The second-order valence-corrected chi connectivity index (χ2v) is 5.27. The molecule has 1 heterocycles. The minimum Gasteiger partial charge on any atom is -0.369 e. The summed E-state index contributed by atoms with van der Waals surface area (Å²) in [6.45, 7) is -0.497. The summed E-state index contributed by atoms with van der Waals surface area (Å²) in [5.74, 6) is -0.795. The van der Waals surface area contributed by atoms with E-state index in [0.29, 0.717) is 0 Å². The van der Waals surface area contributed by atoms with Crippen LogP contribution in [0.3, 0.4) is 0 Å². The molecule has 0 saturated heterocycles. The summed E-state index contributed by atoms with van der Waals surface area (Å²) in [5, 5.41) is -0.000801. The van der Waals surface area contributed by atoms with Crippen LogP contribution in [0, 0.1) is 0 Å². The first-order valence-corrected chi connectivity index (χ1v) is 6.16. The molecule has 0 bridgehead atoms. The van der Waals surface area contributed by atoms with E-state index in [1.807, 2.05) is 4.72 Å². The molecular formula is C7H7Cl2N3O3S. The largest absolute Gasteiger partial charge is 0.369 e. The Kier molecular flexibility index (Phi) is 4.09. The third kappa shape index (κ3) is 3.31. The van der Waals surface area contributed by atoms with E-state index in [0.717, 1.165) is 12.3 Å². The highest BCUT2D eigenvalue weighted by Crippen LogP contribution is 2.21. The van der Waals surface area contributed by atoms with Crippen molar-refractivity contribution in [2.24, 2.45) is 5.73 Å². The highest BCUT2D eigenvalue weighted by atomic mass is 35.5. The van der Waals surface area contributed by atoms with Crippen LogP contribution in [-0.2, 0) is 14.8 Å². The van der Waals surface area contributed by atoms with Crippen LogP contribution >= 0.6 is 23.2 Å². The van der Waals surface area contributed by atoms with Gasteiger partial charge in [-0.3, -0.25) is 4.79 Å². The summed E-state index contributed by atoms with van der Waals surface area (Å²) in [6.07, 6.45) is 1.03. The second kappa shape index (κ2) is 4.96. The number of aromatic nitrogens is 1. The zero-order valence-electron chi connectivity index (χ0n) is 7.78. The van der Waals surface area contributed by atoms with Gasteiger partial charge in [0.05, 0.1) is 11.6 Å². The van der Waals surface area contributed by atoms with Crippen molar-refractivity contribution < 1.29 is 13.2 Å². The minimum atomic E-state index is -3.85. The van der Waals surface area contributed by atoms with Gasteiger partial charge in [-0.05, 0) is 6.07 Å². The van der Waals surface area contributed by atoms with Crippen molar-refractivity contribution in [2.45, 2.75) is 4.90 Å². The number of hydrogen-bond donors (Lipinski definition) is 2. The summed E-state index contributed by atoms with van der Waals surface area (Å²) < 4.78 is 25.1. The number of amides is 1. The van der Waals surface area contributed by atoms with Crippen molar-refractivity contribution in [1.29, 1.82) is 0 Å². The van der Waals surface area contributed by atoms with Gasteiger partial charge in [-0.1, -0.05) is 23.2 Å². The van der Waals surface area contributed by atoms with Crippen LogP contribution in [0.25, 0.3) is 0 Å². The number of hydrogen-bond acceptors (Lipinski definition) is 4. The summed E-state index contributed by atoms with van der Waals surface area (Å²) in [6, 6.07) is 1.13. The molecule has 0 aliphatic rings. The van der Waals surface area contributed by atoms with Gasteiger partial charge in [0.15, 0.2) is 0 Å². The lowest BCUT2D eigenvalue weighted by Gasteiger charge is -2.05. The van der Waals surface area contributed by atoms with Gasteiger partial charge in [-0.2, -0.15) is 0 Å². The fraction of sp³-hybridized carbons (Fsp3) is 0.143. The molecule has 0 saturated carbocycles. The van der Waals surface area contributed by atoms with Crippen LogP contribution < -0.4 is 10.5 Å². The molecule has 0 unspecified atom stereocenters. The molecule has 0 spiro atoms. The average molecular weight is 284 g/mol. The number of sulfonamides is 1. The molecule has 3 N–H and O–H groups in total. The molecule has 9 heteroatoms. The molecule has 0 aromatic carbocycles. The Hall–Kier alpha value is -0.890. The standard InChI is InChI=1S/C7H7Cl2N3O3S/c8-5-1-4(2-11-7(5)9)16(14,15)12-3-6(10)13/h1-2,12H,3H2,(H2,10,13). The summed E-state index contributed by atoms with van der Waals surface area (Å²) in [7, 11) is -3.85. The fourth-order valence-corrected chi connectivity index (χ4v) is 2.10. The number of carbonyl (C=O) groups excluding carboxylic acids is 1. The highest BCUT2D eigenvalue weighted by molar-refractivity contribution is 7.89. The van der Waals surface area contributed by atoms with Gasteiger partial charge in [0, 0.05) is 6.20 Å². The predicted octanol–water partition coefficient (Wildman–Crippen LogP) is 0.152. The summed E-state index contributed by atoms with van der Waals surface area (Å²) in [4.78, 5) is 13.8. The third-order valence-corrected chi connectivity index (χ3v) is 3.57.